The van der Waals surface area contributed by atoms with E-state index in [1.165, 1.54) is 6.07 Å². The van der Waals surface area contributed by atoms with E-state index in [9.17, 15) is 18.0 Å². The molecule has 0 spiro atoms. The predicted octanol–water partition coefficient (Wildman–Crippen LogP) is 3.76. The number of alkyl halides is 3. The Kier molecular flexibility index (Phi) is 5.08. The van der Waals surface area contributed by atoms with Gasteiger partial charge in [-0.3, -0.25) is 4.79 Å². The average molecular weight is 382 g/mol. The number of carbonyl (C=O) groups is 1. The number of carbonyl (C=O) groups excluding carboxylic acids is 1. The summed E-state index contributed by atoms with van der Waals surface area (Å²) in [5, 5.41) is 0. The summed E-state index contributed by atoms with van der Waals surface area (Å²) < 4.78 is 50.3. The summed E-state index contributed by atoms with van der Waals surface area (Å²) in [5.41, 5.74) is 1.79. The molecular weight excluding hydrogens is 361 g/mol. The van der Waals surface area contributed by atoms with Gasteiger partial charge in [0.2, 0.25) is 0 Å². The number of ether oxygens (including phenoxy) is 2. The number of halogens is 3. The Morgan fingerprint density at radius 1 is 1.26 bits per heavy atom. The third-order valence-corrected chi connectivity index (χ3v) is 4.67. The van der Waals surface area contributed by atoms with E-state index in [4.69, 9.17) is 9.47 Å². The maximum absolute atomic E-state index is 12.8. The van der Waals surface area contributed by atoms with E-state index < -0.39 is 12.7 Å². The zero-order valence-electron chi connectivity index (χ0n) is 15.4. The molecule has 1 aliphatic heterocycles. The van der Waals surface area contributed by atoms with Gasteiger partial charge in [0.25, 0.3) is 0 Å². The SMILES string of the molecule is COc1ccc2c(c1)N(CC(=O)c1cc(C)n(CC(F)(F)F)c1C)CCO2. The van der Waals surface area contributed by atoms with E-state index in [2.05, 4.69) is 0 Å². The van der Waals surface area contributed by atoms with Crippen molar-refractivity contribution >= 4 is 11.5 Å². The molecule has 0 aliphatic carbocycles. The summed E-state index contributed by atoms with van der Waals surface area (Å²) in [6, 6.07) is 6.86. The maximum Gasteiger partial charge on any atom is 0.406 e. The fourth-order valence-electron chi connectivity index (χ4n) is 3.31. The van der Waals surface area contributed by atoms with E-state index in [-0.39, 0.29) is 12.3 Å². The number of anilines is 1. The first-order valence-electron chi connectivity index (χ1n) is 8.52. The Balaban J connectivity index is 1.84. The van der Waals surface area contributed by atoms with Gasteiger partial charge in [0, 0.05) is 23.0 Å². The zero-order valence-corrected chi connectivity index (χ0v) is 15.4. The molecule has 146 valence electrons. The van der Waals surface area contributed by atoms with E-state index in [0.29, 0.717) is 41.6 Å². The van der Waals surface area contributed by atoms with Gasteiger partial charge in [-0.25, -0.2) is 0 Å². The van der Waals surface area contributed by atoms with E-state index in [1.807, 2.05) is 4.90 Å². The minimum atomic E-state index is -4.34. The Labute approximate surface area is 155 Å². The Hall–Kier alpha value is -2.64. The van der Waals surface area contributed by atoms with Crippen molar-refractivity contribution in [1.82, 2.24) is 4.57 Å². The summed E-state index contributed by atoms with van der Waals surface area (Å²) in [5.74, 6) is 1.06. The molecule has 0 saturated heterocycles. The molecule has 27 heavy (non-hydrogen) atoms. The van der Waals surface area contributed by atoms with Crippen LogP contribution in [-0.2, 0) is 6.54 Å². The highest BCUT2D eigenvalue weighted by atomic mass is 19.4. The van der Waals surface area contributed by atoms with E-state index in [1.54, 1.807) is 39.2 Å². The second-order valence-electron chi connectivity index (χ2n) is 6.51. The molecule has 0 unspecified atom stereocenters. The normalized spacial score (nSPS) is 13.9. The first-order valence-corrected chi connectivity index (χ1v) is 8.52. The zero-order chi connectivity index (χ0) is 19.8. The largest absolute Gasteiger partial charge is 0.497 e. The molecule has 0 fully saturated rings. The lowest BCUT2D eigenvalue weighted by Crippen LogP contribution is -2.37. The van der Waals surface area contributed by atoms with Crippen LogP contribution in [0.4, 0.5) is 18.9 Å². The third-order valence-electron chi connectivity index (χ3n) is 4.67. The Morgan fingerprint density at radius 3 is 2.67 bits per heavy atom. The van der Waals surface area contributed by atoms with Crippen molar-refractivity contribution in [3.63, 3.8) is 0 Å². The molecule has 1 aromatic carbocycles. The van der Waals surface area contributed by atoms with Crippen molar-refractivity contribution in [3.8, 4) is 11.5 Å². The highest BCUT2D eigenvalue weighted by molar-refractivity contribution is 6.00. The molecule has 0 atom stereocenters. The number of hydrogen-bond acceptors (Lipinski definition) is 4. The van der Waals surface area contributed by atoms with Crippen LogP contribution < -0.4 is 14.4 Å². The summed E-state index contributed by atoms with van der Waals surface area (Å²) in [7, 11) is 1.55. The third kappa shape index (κ3) is 4.04. The van der Waals surface area contributed by atoms with Gasteiger partial charge in [-0.1, -0.05) is 0 Å². The summed E-state index contributed by atoms with van der Waals surface area (Å²) in [6.07, 6.45) is -4.34. The van der Waals surface area contributed by atoms with Crippen molar-refractivity contribution in [2.75, 3.05) is 31.7 Å². The molecule has 0 radical (unpaired) electrons. The van der Waals surface area contributed by atoms with E-state index >= 15 is 0 Å². The van der Waals surface area contributed by atoms with Gasteiger partial charge in [-0.15, -0.1) is 0 Å². The molecule has 1 aromatic heterocycles. The Bertz CT molecular complexity index is 859. The van der Waals surface area contributed by atoms with Crippen LogP contribution in [-0.4, -0.2) is 43.3 Å². The van der Waals surface area contributed by atoms with Gasteiger partial charge in [0.05, 0.1) is 25.9 Å². The molecule has 0 bridgehead atoms. The summed E-state index contributed by atoms with van der Waals surface area (Å²) in [4.78, 5) is 14.7. The molecule has 2 aromatic rings. The monoisotopic (exact) mass is 382 g/mol. The summed E-state index contributed by atoms with van der Waals surface area (Å²) >= 11 is 0. The van der Waals surface area contributed by atoms with Crippen molar-refractivity contribution in [3.05, 3.63) is 41.2 Å². The average Bonchev–Trinajstić information content (AvgIpc) is 2.88. The van der Waals surface area contributed by atoms with Crippen molar-refractivity contribution < 1.29 is 27.4 Å². The number of aromatic nitrogens is 1. The number of hydrogen-bond donors (Lipinski definition) is 0. The van der Waals surface area contributed by atoms with Gasteiger partial charge >= 0.3 is 6.18 Å². The second kappa shape index (κ2) is 7.17. The number of benzene rings is 1. The number of Topliss-reactive ketones (excluding diaryl/α,β-unsaturated/α-hetero) is 1. The number of rotatable bonds is 5. The van der Waals surface area contributed by atoms with Gasteiger partial charge in [0.1, 0.15) is 24.7 Å². The summed E-state index contributed by atoms with van der Waals surface area (Å²) in [6.45, 7) is 3.01. The maximum atomic E-state index is 12.8. The number of ketones is 1. The van der Waals surface area contributed by atoms with Crippen molar-refractivity contribution in [1.29, 1.82) is 0 Å². The molecular formula is C19H21F3N2O3. The van der Waals surface area contributed by atoms with Crippen molar-refractivity contribution in [2.24, 2.45) is 0 Å². The lowest BCUT2D eigenvalue weighted by molar-refractivity contribution is -0.141. The standard InChI is InChI=1S/C19H21F3N2O3/c1-12-8-15(13(2)24(12)11-19(20,21)22)17(25)10-23-6-7-27-18-5-4-14(26-3)9-16(18)23/h4-5,8-9H,6-7,10-11H2,1-3H3. The number of methoxy groups -OCH3 is 1. The first-order chi connectivity index (χ1) is 12.7. The molecule has 5 nitrogen and oxygen atoms in total. The van der Waals surface area contributed by atoms with Gasteiger partial charge in [-0.05, 0) is 32.0 Å². The lowest BCUT2D eigenvalue weighted by atomic mass is 10.1. The highest BCUT2D eigenvalue weighted by Crippen LogP contribution is 2.35. The lowest BCUT2D eigenvalue weighted by Gasteiger charge is -2.31. The minimum absolute atomic E-state index is 0.0554. The molecule has 1 aliphatic rings. The molecule has 3 rings (SSSR count). The van der Waals surface area contributed by atoms with Crippen LogP contribution in [0.1, 0.15) is 21.7 Å². The van der Waals surface area contributed by atoms with Crippen LogP contribution in [0.5, 0.6) is 11.5 Å². The first kappa shape index (κ1) is 19.1. The molecule has 0 amide bonds. The van der Waals surface area contributed by atoms with Crippen molar-refractivity contribution in [2.45, 2.75) is 26.6 Å². The highest BCUT2D eigenvalue weighted by Gasteiger charge is 2.31. The molecule has 0 N–H and O–H groups in total. The van der Waals surface area contributed by atoms with Gasteiger partial charge < -0.3 is 18.9 Å². The molecule has 8 heteroatoms. The van der Waals surface area contributed by atoms with Crippen LogP contribution in [0.2, 0.25) is 0 Å². The van der Waals surface area contributed by atoms with E-state index in [0.717, 1.165) is 10.3 Å². The fourth-order valence-corrected chi connectivity index (χ4v) is 3.31. The number of nitrogens with zero attached hydrogens (tertiary/aromatic N) is 2. The second-order valence-corrected chi connectivity index (χ2v) is 6.51. The minimum Gasteiger partial charge on any atom is -0.497 e. The number of fused-ring (bicyclic) bond motifs is 1. The molecule has 2 heterocycles. The number of aryl methyl sites for hydroxylation is 1. The topological polar surface area (TPSA) is 43.7 Å². The Morgan fingerprint density at radius 2 is 2.00 bits per heavy atom. The van der Waals surface area contributed by atoms with Gasteiger partial charge in [0.15, 0.2) is 5.78 Å². The quantitative estimate of drug-likeness (QED) is 0.739. The van der Waals surface area contributed by atoms with Crippen LogP contribution in [0.15, 0.2) is 24.3 Å². The van der Waals surface area contributed by atoms with Crippen LogP contribution in [0.3, 0.4) is 0 Å². The predicted molar refractivity (Wildman–Crippen MR) is 95.0 cm³/mol. The smallest absolute Gasteiger partial charge is 0.406 e. The molecule has 0 saturated carbocycles. The van der Waals surface area contributed by atoms with Gasteiger partial charge in [-0.2, -0.15) is 13.2 Å². The fraction of sp³-hybridized carbons (Fsp3) is 0.421. The van der Waals surface area contributed by atoms with Crippen LogP contribution >= 0.6 is 0 Å². The van der Waals surface area contributed by atoms with Crippen LogP contribution in [0, 0.1) is 13.8 Å². The van der Waals surface area contributed by atoms with Crippen LogP contribution in [0.25, 0.3) is 0 Å².